The number of thiophene rings is 1. The predicted octanol–water partition coefficient (Wildman–Crippen LogP) is 2.84. The van der Waals surface area contributed by atoms with Crippen LogP contribution in [-0.2, 0) is 16.0 Å². The van der Waals surface area contributed by atoms with Gasteiger partial charge in [0.2, 0.25) is 5.91 Å². The third-order valence-electron chi connectivity index (χ3n) is 5.23. The number of carboxylic acids is 1. The third-order valence-corrected chi connectivity index (χ3v) is 7.16. The number of hydrogen-bond donors (Lipinski definition) is 4. The normalized spacial score (nSPS) is 17.5. The Hall–Kier alpha value is -2.59. The van der Waals surface area contributed by atoms with Crippen LogP contribution in [0.5, 0.6) is 0 Å². The maximum atomic E-state index is 13.0. The topological polar surface area (TPSA) is 123 Å². The van der Waals surface area contributed by atoms with E-state index in [1.54, 1.807) is 18.2 Å². The van der Waals surface area contributed by atoms with E-state index in [2.05, 4.69) is 10.3 Å². The highest BCUT2D eigenvalue weighted by atomic mass is 35.5. The van der Waals surface area contributed by atoms with Crippen molar-refractivity contribution < 1.29 is 24.6 Å². The molecule has 11 heteroatoms. The summed E-state index contributed by atoms with van der Waals surface area (Å²) in [5.41, 5.74) is 2.46. The van der Waals surface area contributed by atoms with Crippen molar-refractivity contribution in [2.45, 2.75) is 18.5 Å². The van der Waals surface area contributed by atoms with Gasteiger partial charge in [0.15, 0.2) is 0 Å². The van der Waals surface area contributed by atoms with Crippen molar-refractivity contribution in [3.8, 4) is 0 Å². The number of rotatable bonds is 6. The number of amides is 2. The molecule has 2 aromatic heterocycles. The number of aromatic nitrogens is 1. The van der Waals surface area contributed by atoms with Gasteiger partial charge in [-0.15, -0.1) is 11.3 Å². The van der Waals surface area contributed by atoms with Crippen molar-refractivity contribution in [2.24, 2.45) is 0 Å². The molecule has 4 N–H and O–H groups in total. The average molecular weight is 482 g/mol. The third kappa shape index (κ3) is 4.01. The molecule has 0 unspecified atom stereocenters. The smallest absolute Gasteiger partial charge is 0.323 e. The molecule has 1 aromatic carbocycles. The maximum absolute atomic E-state index is 13.0. The molecule has 4 rings (SSSR count). The summed E-state index contributed by atoms with van der Waals surface area (Å²) in [4.78, 5) is 40.8. The molecule has 0 fully saturated rings. The lowest BCUT2D eigenvalue weighted by molar-refractivity contribution is -0.148. The molecule has 0 saturated heterocycles. The number of H-pyrrole nitrogens is 1. The lowest BCUT2D eigenvalue weighted by Crippen LogP contribution is -2.49. The Morgan fingerprint density at radius 3 is 2.68 bits per heavy atom. The summed E-state index contributed by atoms with van der Waals surface area (Å²) in [5.74, 6) is -2.37. The number of aliphatic hydroxyl groups excluding tert-OH is 1. The van der Waals surface area contributed by atoms with Gasteiger partial charge in [-0.2, -0.15) is 0 Å². The van der Waals surface area contributed by atoms with Gasteiger partial charge in [-0.3, -0.25) is 14.4 Å². The Labute approximate surface area is 190 Å². The summed E-state index contributed by atoms with van der Waals surface area (Å²) in [5, 5.41) is 21.9. The van der Waals surface area contributed by atoms with Gasteiger partial charge < -0.3 is 25.4 Å². The van der Waals surface area contributed by atoms with Crippen LogP contribution in [0.25, 0.3) is 10.2 Å². The van der Waals surface area contributed by atoms with Crippen LogP contribution < -0.4 is 5.32 Å². The molecule has 8 nitrogen and oxygen atoms in total. The largest absolute Gasteiger partial charge is 0.480 e. The second-order valence-electron chi connectivity index (χ2n) is 7.11. The molecule has 162 valence electrons. The Bertz CT molecular complexity index is 1190. The molecule has 2 amide bonds. The first kappa shape index (κ1) is 21.6. The van der Waals surface area contributed by atoms with Crippen molar-refractivity contribution in [3.05, 3.63) is 56.5 Å². The molecule has 2 atom stereocenters. The van der Waals surface area contributed by atoms with Crippen molar-refractivity contribution >= 4 is 62.5 Å². The Morgan fingerprint density at radius 1 is 1.26 bits per heavy atom. The predicted molar refractivity (Wildman–Crippen MR) is 117 cm³/mol. The fraction of sp³-hybridized carbons (Fsp3) is 0.250. The van der Waals surface area contributed by atoms with Crippen LogP contribution in [-0.4, -0.2) is 57.1 Å². The van der Waals surface area contributed by atoms with Gasteiger partial charge >= 0.3 is 5.97 Å². The van der Waals surface area contributed by atoms with E-state index in [-0.39, 0.29) is 5.69 Å². The zero-order valence-electron chi connectivity index (χ0n) is 15.9. The summed E-state index contributed by atoms with van der Waals surface area (Å²) in [6, 6.07) is 7.59. The zero-order valence-corrected chi connectivity index (χ0v) is 18.2. The molecular weight excluding hydrogens is 465 g/mol. The standard InChI is InChI=1S/C20H17Cl2N3O5S/c21-16-17-13(31-19(16)22)6-12(23-17)20(30)24-11-5-9-3-1-2-4-10(9)18(11)25(7-15(28)29)14(27)8-26/h1-4,6,11,18,23,26H,5,7-8H2,(H,24,30)(H,28,29)/t11-,18-/m1/s1. The fourth-order valence-corrected chi connectivity index (χ4v) is 5.44. The summed E-state index contributed by atoms with van der Waals surface area (Å²) < 4.78 is 1.15. The SMILES string of the molecule is O=C(O)CN(C(=O)CO)[C@@H]1c2ccccc2C[C@H]1NC(=O)c1cc2sc(Cl)c(Cl)c2[nH]1. The molecule has 1 aliphatic carbocycles. The lowest BCUT2D eigenvalue weighted by Gasteiger charge is -2.32. The minimum absolute atomic E-state index is 0.271. The number of nitrogens with one attached hydrogen (secondary N) is 2. The number of benzene rings is 1. The van der Waals surface area contributed by atoms with Gasteiger partial charge in [0.25, 0.3) is 5.91 Å². The monoisotopic (exact) mass is 481 g/mol. The van der Waals surface area contributed by atoms with Crippen molar-refractivity contribution in [2.75, 3.05) is 13.2 Å². The zero-order chi connectivity index (χ0) is 22.3. The van der Waals surface area contributed by atoms with E-state index < -0.39 is 43.0 Å². The van der Waals surface area contributed by atoms with E-state index in [0.29, 0.717) is 21.3 Å². The molecule has 0 radical (unpaired) electrons. The highest BCUT2D eigenvalue weighted by Crippen LogP contribution is 2.39. The van der Waals surface area contributed by atoms with Crippen LogP contribution in [0.15, 0.2) is 30.3 Å². The maximum Gasteiger partial charge on any atom is 0.323 e. The molecule has 31 heavy (non-hydrogen) atoms. The quantitative estimate of drug-likeness (QED) is 0.431. The summed E-state index contributed by atoms with van der Waals surface area (Å²) in [7, 11) is 0. The van der Waals surface area contributed by atoms with E-state index in [1.807, 2.05) is 12.1 Å². The van der Waals surface area contributed by atoms with Gasteiger partial charge in [-0.25, -0.2) is 0 Å². The van der Waals surface area contributed by atoms with E-state index in [0.717, 1.165) is 20.7 Å². The number of carbonyl (C=O) groups excluding carboxylic acids is 2. The minimum Gasteiger partial charge on any atom is -0.480 e. The first-order chi connectivity index (χ1) is 14.8. The van der Waals surface area contributed by atoms with Gasteiger partial charge in [0, 0.05) is 0 Å². The number of carboxylic acid groups (broad SMARTS) is 1. The second kappa shape index (κ2) is 8.51. The number of aliphatic carboxylic acids is 1. The fourth-order valence-electron chi connectivity index (χ4n) is 3.95. The van der Waals surface area contributed by atoms with Crippen LogP contribution in [0.3, 0.4) is 0 Å². The number of aliphatic hydroxyl groups is 1. The van der Waals surface area contributed by atoms with E-state index in [9.17, 15) is 24.6 Å². The van der Waals surface area contributed by atoms with Gasteiger partial charge in [0.1, 0.15) is 23.2 Å². The van der Waals surface area contributed by atoms with E-state index in [1.165, 1.54) is 11.3 Å². The Morgan fingerprint density at radius 2 is 2.00 bits per heavy atom. The van der Waals surface area contributed by atoms with E-state index >= 15 is 0 Å². The van der Waals surface area contributed by atoms with Crippen molar-refractivity contribution in [1.29, 1.82) is 0 Å². The average Bonchev–Trinajstić information content (AvgIpc) is 3.38. The highest BCUT2D eigenvalue weighted by molar-refractivity contribution is 7.23. The Balaban J connectivity index is 1.65. The molecule has 2 heterocycles. The summed E-state index contributed by atoms with van der Waals surface area (Å²) >= 11 is 13.4. The first-order valence-electron chi connectivity index (χ1n) is 9.27. The van der Waals surface area contributed by atoms with Gasteiger partial charge in [-0.05, 0) is 23.6 Å². The van der Waals surface area contributed by atoms with Crippen LogP contribution in [0.4, 0.5) is 0 Å². The molecular formula is C20H17Cl2N3O5S. The van der Waals surface area contributed by atoms with Gasteiger partial charge in [-0.1, -0.05) is 47.5 Å². The number of fused-ring (bicyclic) bond motifs is 2. The van der Waals surface area contributed by atoms with Crippen LogP contribution in [0.2, 0.25) is 9.36 Å². The molecule has 1 aliphatic rings. The second-order valence-corrected chi connectivity index (χ2v) is 9.15. The molecule has 0 bridgehead atoms. The van der Waals surface area contributed by atoms with Crippen molar-refractivity contribution in [3.63, 3.8) is 0 Å². The Kier molecular flexibility index (Phi) is 5.94. The number of carbonyl (C=O) groups is 3. The molecule has 3 aromatic rings. The molecule has 0 aliphatic heterocycles. The number of hydrogen-bond acceptors (Lipinski definition) is 5. The van der Waals surface area contributed by atoms with Gasteiger partial charge in [0.05, 0.1) is 27.3 Å². The van der Waals surface area contributed by atoms with Crippen LogP contribution in [0, 0.1) is 0 Å². The van der Waals surface area contributed by atoms with Crippen molar-refractivity contribution in [1.82, 2.24) is 15.2 Å². The lowest BCUT2D eigenvalue weighted by atomic mass is 10.0. The molecule has 0 spiro atoms. The van der Waals surface area contributed by atoms with E-state index in [4.69, 9.17) is 23.2 Å². The number of aromatic amines is 1. The summed E-state index contributed by atoms with van der Waals surface area (Å²) in [6.45, 7) is -1.43. The highest BCUT2D eigenvalue weighted by Gasteiger charge is 2.40. The number of nitrogens with zero attached hydrogens (tertiary/aromatic N) is 1. The first-order valence-corrected chi connectivity index (χ1v) is 10.8. The molecule has 0 saturated carbocycles. The van der Waals surface area contributed by atoms with Crippen LogP contribution >= 0.6 is 34.5 Å². The minimum atomic E-state index is -1.22. The number of halogens is 2. The van der Waals surface area contributed by atoms with Crippen LogP contribution in [0.1, 0.15) is 27.7 Å². The summed E-state index contributed by atoms with van der Waals surface area (Å²) in [6.07, 6.45) is 0.406.